The van der Waals surface area contributed by atoms with E-state index < -0.39 is 67.4 Å². The van der Waals surface area contributed by atoms with Crippen molar-refractivity contribution in [2.24, 2.45) is 0 Å². The lowest BCUT2D eigenvalue weighted by Gasteiger charge is -2.49. The smallest absolute Gasteiger partial charge is 0.337 e. The molecule has 12 nitrogen and oxygen atoms in total. The summed E-state index contributed by atoms with van der Waals surface area (Å²) in [5.74, 6) is -0.681. The highest BCUT2D eigenvalue weighted by molar-refractivity contribution is 5.75. The molecule has 2 aliphatic heterocycles. The molecule has 2 aliphatic rings. The Hall–Kier alpha value is -6.39. The quantitative estimate of drug-likeness (QED) is 0.0507. The Balaban J connectivity index is 1.12. The molecular weight excluding hydrogens is 937 g/mol. The molecule has 7 aromatic carbocycles. The highest BCUT2D eigenvalue weighted by Crippen LogP contribution is 2.37. The van der Waals surface area contributed by atoms with Gasteiger partial charge in [0, 0.05) is 0 Å². The van der Waals surface area contributed by atoms with Gasteiger partial charge in [-0.3, -0.25) is 0 Å². The van der Waals surface area contributed by atoms with Crippen molar-refractivity contribution in [2.75, 3.05) is 13.7 Å². The van der Waals surface area contributed by atoms with E-state index >= 15 is 0 Å². The summed E-state index contributed by atoms with van der Waals surface area (Å²) in [4.78, 5) is 14.2. The van der Waals surface area contributed by atoms with E-state index in [-0.39, 0.29) is 46.2 Å². The third-order valence-corrected chi connectivity index (χ3v) is 12.9. The van der Waals surface area contributed by atoms with E-state index in [0.29, 0.717) is 6.61 Å². The second-order valence-corrected chi connectivity index (χ2v) is 18.2. The molecule has 9 rings (SSSR count). The molecule has 0 aliphatic carbocycles. The van der Waals surface area contributed by atoms with Crippen LogP contribution < -0.4 is 0 Å². The summed E-state index contributed by atoms with van der Waals surface area (Å²) in [5.41, 5.74) is 6.47. The van der Waals surface area contributed by atoms with E-state index in [1.54, 1.807) is 0 Å². The predicted molar refractivity (Wildman–Crippen MR) is 277 cm³/mol. The van der Waals surface area contributed by atoms with Crippen molar-refractivity contribution < 1.29 is 56.9 Å². The number of rotatable bonds is 25. The summed E-state index contributed by atoms with van der Waals surface area (Å²) >= 11 is 0. The maximum absolute atomic E-state index is 14.2. The Morgan fingerprint density at radius 2 is 0.676 bits per heavy atom. The van der Waals surface area contributed by atoms with E-state index in [9.17, 15) is 4.79 Å². The third kappa shape index (κ3) is 14.9. The largest absolute Gasteiger partial charge is 0.467 e. The standard InChI is InChI=1S/C62H64O12/c1-64-60(63)57-55(68-40-48-29-15-5-16-30-48)56(69-41-49-31-17-6-18-32-49)58(70-42-50-33-19-7-20-34-50)62(73-57)74-59-54(67-39-47-27-13-4-14-28-47)53(66-38-46-25-11-3-12-26-46)52(44-65-37-45-23-9-2-10-24-45)72-61(59)71-43-51-35-21-8-22-36-51/h2-36,52-59,61-62H,37-44H2,1H3/t52-,53-,54+,55+,56+,57+,58-,59-,61-,62-/m1/s1. The monoisotopic (exact) mass is 1000 g/mol. The maximum atomic E-state index is 14.2. The highest BCUT2D eigenvalue weighted by Gasteiger charge is 2.56. The SMILES string of the molecule is COC(=O)[C@H]1O[C@H](O[C@H]2[C@H](OCc3ccccc3)O[C@H](COCc3ccccc3)[C@@H](OCc3ccccc3)[C@@H]2OCc2ccccc2)[C@H](OCc2ccccc2)[C@@H](OCc2ccccc2)[C@@H]1OCc1ccccc1. The number of carbonyl (C=O) groups excluding carboxylic acids is 1. The molecule has 384 valence electrons. The molecule has 12 heteroatoms. The molecule has 0 bridgehead atoms. The average molecular weight is 1000 g/mol. The van der Waals surface area contributed by atoms with Crippen LogP contribution in [0.4, 0.5) is 0 Å². The summed E-state index contributed by atoms with van der Waals surface area (Å²) in [5, 5.41) is 0. The molecule has 2 heterocycles. The molecule has 2 saturated heterocycles. The summed E-state index contributed by atoms with van der Waals surface area (Å²) in [6, 6.07) is 68.9. The van der Waals surface area contributed by atoms with Gasteiger partial charge in [-0.05, 0) is 38.9 Å². The number of methoxy groups -OCH3 is 1. The normalized spacial score (nSPS) is 23.7. The first-order valence-corrected chi connectivity index (χ1v) is 25.2. The Kier molecular flexibility index (Phi) is 19.7. The second kappa shape index (κ2) is 27.8. The fraction of sp³-hybridized carbons (Fsp3) is 0.306. The lowest BCUT2D eigenvalue weighted by atomic mass is 9.95. The Labute approximate surface area is 433 Å². The molecule has 10 atom stereocenters. The summed E-state index contributed by atoms with van der Waals surface area (Å²) in [6.07, 6.45) is -10.3. The molecule has 0 N–H and O–H groups in total. The van der Waals surface area contributed by atoms with Gasteiger partial charge < -0.3 is 52.1 Å². The van der Waals surface area contributed by atoms with E-state index in [1.165, 1.54) is 7.11 Å². The van der Waals surface area contributed by atoms with Crippen molar-refractivity contribution >= 4 is 5.97 Å². The van der Waals surface area contributed by atoms with Crippen LogP contribution in [-0.4, -0.2) is 81.1 Å². The zero-order chi connectivity index (χ0) is 50.6. The number of hydrogen-bond donors (Lipinski definition) is 0. The number of esters is 1. The van der Waals surface area contributed by atoms with E-state index in [2.05, 4.69) is 0 Å². The highest BCUT2D eigenvalue weighted by atomic mass is 16.8. The minimum atomic E-state index is -1.34. The van der Waals surface area contributed by atoms with Crippen molar-refractivity contribution in [1.82, 2.24) is 0 Å². The first-order chi connectivity index (χ1) is 36.6. The van der Waals surface area contributed by atoms with Crippen LogP contribution >= 0.6 is 0 Å². The molecule has 7 aromatic rings. The molecule has 0 saturated carbocycles. The molecular formula is C62H64O12. The van der Waals surface area contributed by atoms with Crippen LogP contribution in [0.1, 0.15) is 38.9 Å². The van der Waals surface area contributed by atoms with E-state index in [1.807, 2.05) is 212 Å². The van der Waals surface area contributed by atoms with Gasteiger partial charge >= 0.3 is 5.97 Å². The Morgan fingerprint density at radius 1 is 0.351 bits per heavy atom. The predicted octanol–water partition coefficient (Wildman–Crippen LogP) is 10.4. The number of carbonyl (C=O) groups is 1. The van der Waals surface area contributed by atoms with Crippen LogP contribution in [0.5, 0.6) is 0 Å². The summed E-state index contributed by atoms with van der Waals surface area (Å²) < 4.78 is 74.8. The summed E-state index contributed by atoms with van der Waals surface area (Å²) in [7, 11) is 1.32. The van der Waals surface area contributed by atoms with Gasteiger partial charge in [-0.1, -0.05) is 212 Å². The van der Waals surface area contributed by atoms with Crippen molar-refractivity contribution in [3.8, 4) is 0 Å². The van der Waals surface area contributed by atoms with Crippen LogP contribution in [0.15, 0.2) is 212 Å². The lowest BCUT2D eigenvalue weighted by Crippen LogP contribution is -2.67. The lowest BCUT2D eigenvalue weighted by molar-refractivity contribution is -0.380. The minimum absolute atomic E-state index is 0.125. The van der Waals surface area contributed by atoms with Gasteiger partial charge in [0.25, 0.3) is 0 Å². The molecule has 2 fully saturated rings. The summed E-state index contributed by atoms with van der Waals surface area (Å²) in [6.45, 7) is 1.46. The van der Waals surface area contributed by atoms with Gasteiger partial charge in [0.15, 0.2) is 18.7 Å². The molecule has 0 radical (unpaired) electrons. The number of ether oxygens (including phenoxy) is 11. The minimum Gasteiger partial charge on any atom is -0.467 e. The van der Waals surface area contributed by atoms with Crippen LogP contribution in [-0.2, 0) is 103 Å². The van der Waals surface area contributed by atoms with Gasteiger partial charge in [-0.15, -0.1) is 0 Å². The van der Waals surface area contributed by atoms with Crippen LogP contribution in [0.3, 0.4) is 0 Å². The van der Waals surface area contributed by atoms with Crippen LogP contribution in [0, 0.1) is 0 Å². The molecule has 74 heavy (non-hydrogen) atoms. The van der Waals surface area contributed by atoms with Crippen molar-refractivity contribution in [3.63, 3.8) is 0 Å². The van der Waals surface area contributed by atoms with Crippen LogP contribution in [0.2, 0.25) is 0 Å². The average Bonchev–Trinajstić information content (AvgIpc) is 3.47. The van der Waals surface area contributed by atoms with Crippen molar-refractivity contribution in [3.05, 3.63) is 251 Å². The van der Waals surface area contributed by atoms with E-state index in [0.717, 1.165) is 38.9 Å². The Bertz CT molecular complexity index is 2650. The third-order valence-electron chi connectivity index (χ3n) is 12.9. The van der Waals surface area contributed by atoms with E-state index in [4.69, 9.17) is 52.1 Å². The molecule has 0 unspecified atom stereocenters. The topological polar surface area (TPSA) is 119 Å². The van der Waals surface area contributed by atoms with Crippen molar-refractivity contribution in [2.45, 2.75) is 108 Å². The van der Waals surface area contributed by atoms with Gasteiger partial charge in [-0.2, -0.15) is 0 Å². The first-order valence-electron chi connectivity index (χ1n) is 25.2. The Morgan fingerprint density at radius 3 is 1.07 bits per heavy atom. The van der Waals surface area contributed by atoms with Gasteiger partial charge in [0.05, 0.1) is 60.0 Å². The van der Waals surface area contributed by atoms with Gasteiger partial charge in [0.1, 0.15) is 42.7 Å². The first kappa shape index (κ1) is 52.5. The van der Waals surface area contributed by atoms with Crippen LogP contribution in [0.25, 0.3) is 0 Å². The molecule has 0 spiro atoms. The maximum Gasteiger partial charge on any atom is 0.337 e. The molecule has 0 aromatic heterocycles. The number of benzene rings is 7. The second-order valence-electron chi connectivity index (χ2n) is 18.2. The molecule has 0 amide bonds. The zero-order valence-corrected chi connectivity index (χ0v) is 41.5. The fourth-order valence-electron chi connectivity index (χ4n) is 9.06. The fourth-order valence-corrected chi connectivity index (χ4v) is 9.06. The van der Waals surface area contributed by atoms with Gasteiger partial charge in [-0.25, -0.2) is 4.79 Å². The van der Waals surface area contributed by atoms with Gasteiger partial charge in [0.2, 0.25) is 0 Å². The number of hydrogen-bond acceptors (Lipinski definition) is 12. The zero-order valence-electron chi connectivity index (χ0n) is 41.5. The van der Waals surface area contributed by atoms with Crippen molar-refractivity contribution in [1.29, 1.82) is 0 Å².